The van der Waals surface area contributed by atoms with E-state index in [1.54, 1.807) is 0 Å². The summed E-state index contributed by atoms with van der Waals surface area (Å²) in [5.41, 5.74) is 2.35. The van der Waals surface area contributed by atoms with E-state index in [-0.39, 0.29) is 6.10 Å². The zero-order chi connectivity index (χ0) is 12.4. The predicted molar refractivity (Wildman–Crippen MR) is 80.1 cm³/mol. The maximum absolute atomic E-state index is 6.00. The molecule has 0 aliphatic carbocycles. The van der Waals surface area contributed by atoms with Gasteiger partial charge in [-0.05, 0) is 25.0 Å². The first-order valence-corrected chi connectivity index (χ1v) is 7.52. The van der Waals surface area contributed by atoms with E-state index >= 15 is 0 Å². The van der Waals surface area contributed by atoms with Crippen LogP contribution in [0.25, 0.3) is 0 Å². The van der Waals surface area contributed by atoms with Crippen molar-refractivity contribution in [1.29, 1.82) is 0 Å². The van der Waals surface area contributed by atoms with Crippen LogP contribution in [0.3, 0.4) is 0 Å². The van der Waals surface area contributed by atoms with Crippen LogP contribution in [0.15, 0.2) is 29.3 Å². The Kier molecular flexibility index (Phi) is 4.07. The van der Waals surface area contributed by atoms with Crippen molar-refractivity contribution < 1.29 is 4.74 Å². The summed E-state index contributed by atoms with van der Waals surface area (Å²) < 4.78 is 7.01. The number of benzene rings is 1. The minimum atomic E-state index is 0.225. The van der Waals surface area contributed by atoms with Gasteiger partial charge in [0.05, 0.1) is 6.04 Å². The first-order chi connectivity index (χ1) is 8.11. The number of rotatable bonds is 3. The molecule has 2 unspecified atom stereocenters. The molecule has 0 spiro atoms. The molecule has 1 aliphatic heterocycles. The molecule has 17 heavy (non-hydrogen) atoms. The molecule has 0 N–H and O–H groups in total. The quantitative estimate of drug-likeness (QED) is 0.607. The maximum Gasteiger partial charge on any atom is 0.216 e. The predicted octanol–water partition coefficient (Wildman–Crippen LogP) is 3.60. The van der Waals surface area contributed by atoms with E-state index < -0.39 is 0 Å². The standard InChI is InChI=1S/C14H18INO/c1-9(2)13-12(8-15)16-14(17-13)11-6-4-10(3)5-7-11/h4-7,9,12-13H,8H2,1-3H3. The normalized spacial score (nSPS) is 23.7. The van der Waals surface area contributed by atoms with Crippen molar-refractivity contribution in [2.24, 2.45) is 10.9 Å². The van der Waals surface area contributed by atoms with Crippen molar-refractivity contribution in [3.63, 3.8) is 0 Å². The van der Waals surface area contributed by atoms with Crippen LogP contribution in [0, 0.1) is 12.8 Å². The Bertz CT molecular complexity index is 411. The lowest BCUT2D eigenvalue weighted by Gasteiger charge is -2.19. The lowest BCUT2D eigenvalue weighted by molar-refractivity contribution is 0.148. The lowest BCUT2D eigenvalue weighted by Crippen LogP contribution is -2.29. The zero-order valence-corrected chi connectivity index (χ0v) is 12.6. The van der Waals surface area contributed by atoms with Gasteiger partial charge >= 0.3 is 0 Å². The Morgan fingerprint density at radius 3 is 2.41 bits per heavy atom. The van der Waals surface area contributed by atoms with Crippen molar-refractivity contribution in [2.75, 3.05) is 4.43 Å². The highest BCUT2D eigenvalue weighted by Crippen LogP contribution is 2.25. The van der Waals surface area contributed by atoms with Crippen molar-refractivity contribution >= 4 is 28.5 Å². The van der Waals surface area contributed by atoms with E-state index in [0.29, 0.717) is 12.0 Å². The summed E-state index contributed by atoms with van der Waals surface area (Å²) in [4.78, 5) is 4.70. The van der Waals surface area contributed by atoms with E-state index in [1.807, 2.05) is 0 Å². The van der Waals surface area contributed by atoms with Gasteiger partial charge in [-0.3, -0.25) is 0 Å². The summed E-state index contributed by atoms with van der Waals surface area (Å²) in [6.07, 6.45) is 0.225. The van der Waals surface area contributed by atoms with Crippen LogP contribution < -0.4 is 0 Å². The molecule has 2 nitrogen and oxygen atoms in total. The summed E-state index contributed by atoms with van der Waals surface area (Å²) in [6.45, 7) is 6.47. The van der Waals surface area contributed by atoms with Gasteiger partial charge < -0.3 is 4.74 Å². The molecule has 0 saturated heterocycles. The Hall–Kier alpha value is -0.580. The lowest BCUT2D eigenvalue weighted by atomic mass is 10.0. The molecule has 2 rings (SSSR count). The molecule has 1 aromatic carbocycles. The van der Waals surface area contributed by atoms with Crippen molar-refractivity contribution in [2.45, 2.75) is 32.9 Å². The molecule has 1 aromatic rings. The molecule has 0 fully saturated rings. The molecule has 92 valence electrons. The maximum atomic E-state index is 6.00. The third-order valence-electron chi connectivity index (χ3n) is 3.02. The monoisotopic (exact) mass is 343 g/mol. The van der Waals surface area contributed by atoms with Crippen LogP contribution in [0.5, 0.6) is 0 Å². The average Bonchev–Trinajstić information content (AvgIpc) is 2.74. The van der Waals surface area contributed by atoms with Crippen LogP contribution in [0.2, 0.25) is 0 Å². The van der Waals surface area contributed by atoms with Gasteiger partial charge in [0.15, 0.2) is 0 Å². The van der Waals surface area contributed by atoms with Gasteiger partial charge in [0.2, 0.25) is 5.90 Å². The van der Waals surface area contributed by atoms with Gasteiger partial charge in [-0.25, -0.2) is 4.99 Å². The number of alkyl halides is 1. The number of aryl methyl sites for hydroxylation is 1. The van der Waals surface area contributed by atoms with Crippen LogP contribution in [0.4, 0.5) is 0 Å². The molecule has 2 atom stereocenters. The number of hydrogen-bond donors (Lipinski definition) is 0. The highest BCUT2D eigenvalue weighted by Gasteiger charge is 2.32. The number of halogens is 1. The Labute approximate surface area is 117 Å². The molecular formula is C14H18INO. The number of hydrogen-bond acceptors (Lipinski definition) is 2. The third-order valence-corrected chi connectivity index (χ3v) is 3.93. The van der Waals surface area contributed by atoms with Gasteiger partial charge in [-0.15, -0.1) is 0 Å². The first kappa shape index (κ1) is 12.9. The molecule has 0 saturated carbocycles. The number of ether oxygens (including phenoxy) is 1. The van der Waals surface area contributed by atoms with Gasteiger partial charge in [0, 0.05) is 9.99 Å². The highest BCUT2D eigenvalue weighted by molar-refractivity contribution is 14.1. The van der Waals surface area contributed by atoms with Gasteiger partial charge in [0.1, 0.15) is 6.10 Å². The summed E-state index contributed by atoms with van der Waals surface area (Å²) in [6, 6.07) is 8.67. The Morgan fingerprint density at radius 2 is 1.94 bits per heavy atom. The summed E-state index contributed by atoms with van der Waals surface area (Å²) >= 11 is 2.39. The fraction of sp³-hybridized carbons (Fsp3) is 0.500. The van der Waals surface area contributed by atoms with Crippen LogP contribution in [-0.2, 0) is 4.74 Å². The largest absolute Gasteiger partial charge is 0.472 e. The zero-order valence-electron chi connectivity index (χ0n) is 10.5. The smallest absolute Gasteiger partial charge is 0.216 e. The Balaban J connectivity index is 2.21. The van der Waals surface area contributed by atoms with Gasteiger partial charge in [-0.2, -0.15) is 0 Å². The average molecular weight is 343 g/mol. The van der Waals surface area contributed by atoms with Crippen LogP contribution >= 0.6 is 22.6 Å². The molecule has 0 radical (unpaired) electrons. The summed E-state index contributed by atoms with van der Waals surface area (Å²) in [5.74, 6) is 1.31. The second kappa shape index (κ2) is 5.38. The Morgan fingerprint density at radius 1 is 1.29 bits per heavy atom. The fourth-order valence-electron chi connectivity index (χ4n) is 2.00. The molecule has 0 aromatic heterocycles. The van der Waals surface area contributed by atoms with E-state index in [0.717, 1.165) is 15.9 Å². The third kappa shape index (κ3) is 2.81. The second-order valence-electron chi connectivity index (χ2n) is 4.85. The summed E-state index contributed by atoms with van der Waals surface area (Å²) in [5, 5.41) is 0. The molecule has 3 heteroatoms. The van der Waals surface area contributed by atoms with E-state index in [2.05, 4.69) is 67.6 Å². The van der Waals surface area contributed by atoms with Crippen LogP contribution in [0.1, 0.15) is 25.0 Å². The van der Waals surface area contributed by atoms with Gasteiger partial charge in [-0.1, -0.05) is 54.1 Å². The molecule has 1 aliphatic rings. The van der Waals surface area contributed by atoms with Crippen molar-refractivity contribution in [3.8, 4) is 0 Å². The molecule has 0 amide bonds. The van der Waals surface area contributed by atoms with Crippen molar-refractivity contribution in [1.82, 2.24) is 0 Å². The molecule has 0 bridgehead atoms. The van der Waals surface area contributed by atoms with Gasteiger partial charge in [0.25, 0.3) is 0 Å². The highest BCUT2D eigenvalue weighted by atomic mass is 127. The molecule has 1 heterocycles. The van der Waals surface area contributed by atoms with E-state index in [4.69, 9.17) is 9.73 Å². The van der Waals surface area contributed by atoms with E-state index in [1.165, 1.54) is 5.56 Å². The molecular weight excluding hydrogens is 325 g/mol. The first-order valence-electron chi connectivity index (χ1n) is 5.99. The van der Waals surface area contributed by atoms with Crippen LogP contribution in [-0.4, -0.2) is 22.5 Å². The summed E-state index contributed by atoms with van der Waals surface area (Å²) in [7, 11) is 0. The topological polar surface area (TPSA) is 21.6 Å². The SMILES string of the molecule is Cc1ccc(C2=NC(CI)C(C(C)C)O2)cc1. The minimum Gasteiger partial charge on any atom is -0.472 e. The second-order valence-corrected chi connectivity index (χ2v) is 5.73. The van der Waals surface area contributed by atoms with Crippen molar-refractivity contribution in [3.05, 3.63) is 35.4 Å². The minimum absolute atomic E-state index is 0.225. The number of nitrogens with zero attached hydrogens (tertiary/aromatic N) is 1. The fourth-order valence-corrected chi connectivity index (χ4v) is 2.70. The number of aliphatic imine (C=N–C) groups is 1. The van der Waals surface area contributed by atoms with E-state index in [9.17, 15) is 0 Å².